The van der Waals surface area contributed by atoms with Crippen LogP contribution in [0.4, 0.5) is 0 Å². The zero-order chi connectivity index (χ0) is 9.78. The van der Waals surface area contributed by atoms with E-state index in [1.165, 1.54) is 0 Å². The van der Waals surface area contributed by atoms with Crippen molar-refractivity contribution in [3.05, 3.63) is 0 Å². The highest BCUT2D eigenvalue weighted by Gasteiger charge is 2.23. The van der Waals surface area contributed by atoms with Crippen molar-refractivity contribution in [1.29, 1.82) is 0 Å². The predicted molar refractivity (Wildman–Crippen MR) is 50.1 cm³/mol. The van der Waals surface area contributed by atoms with Crippen LogP contribution in [0, 0.1) is 11.3 Å². The largest absolute Gasteiger partial charge is 0.481 e. The minimum Gasteiger partial charge on any atom is -0.481 e. The van der Waals surface area contributed by atoms with Gasteiger partial charge in [0, 0.05) is 0 Å². The molecular formula is C10H20O2. The molecule has 1 unspecified atom stereocenters. The summed E-state index contributed by atoms with van der Waals surface area (Å²) in [7, 11) is 0. The molecule has 0 bridgehead atoms. The van der Waals surface area contributed by atoms with E-state index in [4.69, 9.17) is 5.11 Å². The maximum absolute atomic E-state index is 10.8. The molecule has 72 valence electrons. The van der Waals surface area contributed by atoms with Gasteiger partial charge in [-0.2, -0.15) is 0 Å². The fourth-order valence-corrected chi connectivity index (χ4v) is 1.40. The van der Waals surface area contributed by atoms with E-state index in [0.717, 1.165) is 19.3 Å². The predicted octanol–water partition coefficient (Wildman–Crippen LogP) is 2.92. The molecule has 0 saturated carbocycles. The van der Waals surface area contributed by atoms with E-state index in [1.54, 1.807) is 0 Å². The van der Waals surface area contributed by atoms with E-state index in [9.17, 15) is 4.79 Å². The fourth-order valence-electron chi connectivity index (χ4n) is 1.40. The number of carboxylic acids is 1. The first kappa shape index (κ1) is 11.5. The monoisotopic (exact) mass is 172 g/mol. The second-order valence-electron chi connectivity index (χ2n) is 4.59. The Kier molecular flexibility index (Phi) is 4.29. The lowest BCUT2D eigenvalue weighted by Crippen LogP contribution is -2.20. The van der Waals surface area contributed by atoms with Crippen LogP contribution in [0.25, 0.3) is 0 Å². The average Bonchev–Trinajstić information content (AvgIpc) is 1.83. The summed E-state index contributed by atoms with van der Waals surface area (Å²) < 4.78 is 0. The molecule has 0 aliphatic rings. The summed E-state index contributed by atoms with van der Waals surface area (Å²) in [4.78, 5) is 10.8. The van der Waals surface area contributed by atoms with Crippen molar-refractivity contribution in [3.8, 4) is 0 Å². The molecule has 0 aromatic heterocycles. The molecule has 1 atom stereocenters. The Balaban J connectivity index is 4.05. The maximum Gasteiger partial charge on any atom is 0.306 e. The number of hydrogen-bond acceptors (Lipinski definition) is 1. The molecule has 0 aromatic rings. The van der Waals surface area contributed by atoms with E-state index < -0.39 is 5.97 Å². The van der Waals surface area contributed by atoms with Crippen molar-refractivity contribution >= 4 is 5.97 Å². The van der Waals surface area contributed by atoms with Gasteiger partial charge in [0.2, 0.25) is 0 Å². The third kappa shape index (κ3) is 5.16. The minimum atomic E-state index is -0.647. The lowest BCUT2D eigenvalue weighted by molar-refractivity contribution is -0.143. The Morgan fingerprint density at radius 2 is 1.92 bits per heavy atom. The Morgan fingerprint density at radius 1 is 1.42 bits per heavy atom. The molecule has 0 saturated heterocycles. The second kappa shape index (κ2) is 4.48. The van der Waals surface area contributed by atoms with Gasteiger partial charge in [-0.15, -0.1) is 0 Å². The molecule has 0 heterocycles. The van der Waals surface area contributed by atoms with Crippen molar-refractivity contribution < 1.29 is 9.90 Å². The van der Waals surface area contributed by atoms with E-state index in [1.807, 2.05) is 6.92 Å². The molecule has 0 aliphatic carbocycles. The molecule has 0 radical (unpaired) electrons. The van der Waals surface area contributed by atoms with Crippen LogP contribution in [-0.4, -0.2) is 11.1 Å². The molecule has 2 nitrogen and oxygen atoms in total. The lowest BCUT2D eigenvalue weighted by atomic mass is 9.83. The molecule has 0 aliphatic heterocycles. The van der Waals surface area contributed by atoms with E-state index in [-0.39, 0.29) is 11.3 Å². The normalized spacial score (nSPS) is 14.3. The van der Waals surface area contributed by atoms with Gasteiger partial charge in [-0.05, 0) is 18.3 Å². The first-order valence-corrected chi connectivity index (χ1v) is 4.59. The molecule has 1 N–H and O–H groups in total. The first-order valence-electron chi connectivity index (χ1n) is 4.59. The van der Waals surface area contributed by atoms with Crippen LogP contribution >= 0.6 is 0 Å². The number of rotatable bonds is 4. The van der Waals surface area contributed by atoms with E-state index in [2.05, 4.69) is 20.8 Å². The number of aliphatic carboxylic acids is 1. The van der Waals surface area contributed by atoms with Crippen LogP contribution < -0.4 is 0 Å². The molecular weight excluding hydrogens is 152 g/mol. The average molecular weight is 172 g/mol. The van der Waals surface area contributed by atoms with Gasteiger partial charge in [-0.3, -0.25) is 4.79 Å². The van der Waals surface area contributed by atoms with Gasteiger partial charge in [0.05, 0.1) is 5.92 Å². The number of carboxylic acid groups (broad SMARTS) is 1. The van der Waals surface area contributed by atoms with Gasteiger partial charge < -0.3 is 5.11 Å². The highest BCUT2D eigenvalue weighted by atomic mass is 16.4. The molecule has 0 amide bonds. The van der Waals surface area contributed by atoms with Gasteiger partial charge in [-0.1, -0.05) is 34.1 Å². The van der Waals surface area contributed by atoms with Crippen LogP contribution in [0.5, 0.6) is 0 Å². The molecule has 0 fully saturated rings. The minimum absolute atomic E-state index is 0.123. The van der Waals surface area contributed by atoms with Crippen molar-refractivity contribution in [1.82, 2.24) is 0 Å². The lowest BCUT2D eigenvalue weighted by Gasteiger charge is -2.22. The summed E-state index contributed by atoms with van der Waals surface area (Å²) in [6.45, 7) is 8.27. The summed E-state index contributed by atoms with van der Waals surface area (Å²) in [5.74, 6) is -0.804. The first-order chi connectivity index (χ1) is 5.37. The number of hydrogen-bond donors (Lipinski definition) is 1. The van der Waals surface area contributed by atoms with Gasteiger partial charge in [0.15, 0.2) is 0 Å². The zero-order valence-corrected chi connectivity index (χ0v) is 8.55. The SMILES string of the molecule is CCCC(CC(C)(C)C)C(=O)O. The third-order valence-electron chi connectivity index (χ3n) is 1.85. The summed E-state index contributed by atoms with van der Waals surface area (Å²) in [5.41, 5.74) is 0.123. The van der Waals surface area contributed by atoms with Crippen molar-refractivity contribution in [2.24, 2.45) is 11.3 Å². The maximum atomic E-state index is 10.8. The molecule has 12 heavy (non-hydrogen) atoms. The van der Waals surface area contributed by atoms with Gasteiger partial charge in [-0.25, -0.2) is 0 Å². The summed E-state index contributed by atoms with van der Waals surface area (Å²) in [6, 6.07) is 0. The van der Waals surface area contributed by atoms with Crippen molar-refractivity contribution in [2.75, 3.05) is 0 Å². The molecule has 0 spiro atoms. The summed E-state index contributed by atoms with van der Waals surface area (Å²) >= 11 is 0. The van der Waals surface area contributed by atoms with Crippen molar-refractivity contribution in [2.45, 2.75) is 47.0 Å². The Bertz CT molecular complexity index is 144. The van der Waals surface area contributed by atoms with E-state index in [0.29, 0.717) is 0 Å². The Hall–Kier alpha value is -0.530. The fraction of sp³-hybridized carbons (Fsp3) is 0.900. The number of carbonyl (C=O) groups is 1. The van der Waals surface area contributed by atoms with Gasteiger partial charge in [0.25, 0.3) is 0 Å². The van der Waals surface area contributed by atoms with Crippen LogP contribution in [0.15, 0.2) is 0 Å². The zero-order valence-electron chi connectivity index (χ0n) is 8.55. The standard InChI is InChI=1S/C10H20O2/c1-5-6-8(9(11)12)7-10(2,3)4/h8H,5-7H2,1-4H3,(H,11,12). The molecule has 0 aromatic carbocycles. The van der Waals surface area contributed by atoms with Crippen LogP contribution in [0.3, 0.4) is 0 Å². The molecule has 0 rings (SSSR count). The third-order valence-corrected chi connectivity index (χ3v) is 1.85. The Labute approximate surface area is 75.0 Å². The van der Waals surface area contributed by atoms with Crippen LogP contribution in [0.1, 0.15) is 47.0 Å². The van der Waals surface area contributed by atoms with Gasteiger partial charge >= 0.3 is 5.97 Å². The van der Waals surface area contributed by atoms with Crippen molar-refractivity contribution in [3.63, 3.8) is 0 Å². The van der Waals surface area contributed by atoms with E-state index >= 15 is 0 Å². The topological polar surface area (TPSA) is 37.3 Å². The summed E-state index contributed by atoms with van der Waals surface area (Å²) in [5, 5.41) is 8.87. The van der Waals surface area contributed by atoms with Crippen LogP contribution in [0.2, 0.25) is 0 Å². The quantitative estimate of drug-likeness (QED) is 0.708. The van der Waals surface area contributed by atoms with Crippen LogP contribution in [-0.2, 0) is 4.79 Å². The molecule has 2 heteroatoms. The van der Waals surface area contributed by atoms with Gasteiger partial charge in [0.1, 0.15) is 0 Å². The highest BCUT2D eigenvalue weighted by molar-refractivity contribution is 5.69. The highest BCUT2D eigenvalue weighted by Crippen LogP contribution is 2.27. The summed E-state index contributed by atoms with van der Waals surface area (Å²) in [6.07, 6.45) is 2.52. The Morgan fingerprint density at radius 3 is 2.17 bits per heavy atom. The second-order valence-corrected chi connectivity index (χ2v) is 4.59. The smallest absolute Gasteiger partial charge is 0.306 e.